The predicted molar refractivity (Wildman–Crippen MR) is 173 cm³/mol. The molecule has 3 rings (SSSR count). The average Bonchev–Trinajstić information content (AvgIpc) is 3.03. The number of ether oxygens (including phenoxy) is 4. The van der Waals surface area contributed by atoms with E-state index in [1.165, 1.54) is 6.92 Å². The van der Waals surface area contributed by atoms with Gasteiger partial charge in [0.1, 0.15) is 29.1 Å². The zero-order valence-corrected chi connectivity index (χ0v) is 25.8. The smallest absolute Gasteiger partial charge is 0.334 e. The zero-order valence-electron chi connectivity index (χ0n) is 25.8. The van der Waals surface area contributed by atoms with Gasteiger partial charge in [-0.25, -0.2) is 4.79 Å². The molecule has 0 aliphatic carbocycles. The molecular formula is C36H43NO9. The van der Waals surface area contributed by atoms with E-state index in [0.29, 0.717) is 36.5 Å². The van der Waals surface area contributed by atoms with Gasteiger partial charge in [0, 0.05) is 25.7 Å². The van der Waals surface area contributed by atoms with Crippen LogP contribution in [0, 0.1) is 0 Å². The Kier molecular flexibility index (Phi) is 15.7. The number of esters is 3. The molecule has 0 aromatic heterocycles. The molecule has 246 valence electrons. The van der Waals surface area contributed by atoms with Crippen LogP contribution in [0.3, 0.4) is 0 Å². The average molecular weight is 634 g/mol. The maximum atomic E-state index is 13.3. The molecule has 0 spiro atoms. The Bertz CT molecular complexity index is 1430. The molecule has 0 bridgehead atoms. The Morgan fingerprint density at radius 2 is 1.17 bits per heavy atom. The van der Waals surface area contributed by atoms with Gasteiger partial charge in [-0.1, -0.05) is 43.8 Å². The molecule has 0 fully saturated rings. The summed E-state index contributed by atoms with van der Waals surface area (Å²) in [6.07, 6.45) is 1.57. The summed E-state index contributed by atoms with van der Waals surface area (Å²) in [5, 5.41) is 2.80. The summed E-state index contributed by atoms with van der Waals surface area (Å²) in [7, 11) is 1.58. The van der Waals surface area contributed by atoms with Crippen LogP contribution in [0.5, 0.6) is 17.2 Å². The highest BCUT2D eigenvalue weighted by Crippen LogP contribution is 2.18. The van der Waals surface area contributed by atoms with Crippen molar-refractivity contribution < 1.29 is 42.9 Å². The monoisotopic (exact) mass is 633 g/mol. The molecule has 0 heterocycles. The molecule has 1 unspecified atom stereocenters. The van der Waals surface area contributed by atoms with Gasteiger partial charge in [0.25, 0.3) is 0 Å². The minimum Gasteiger partial charge on any atom is -0.497 e. The lowest BCUT2D eigenvalue weighted by molar-refractivity contribution is -0.143. The Morgan fingerprint density at radius 3 is 1.72 bits per heavy atom. The Labute approximate surface area is 270 Å². The van der Waals surface area contributed by atoms with Crippen LogP contribution in [-0.4, -0.2) is 49.4 Å². The van der Waals surface area contributed by atoms with Crippen LogP contribution in [0.15, 0.2) is 72.8 Å². The van der Waals surface area contributed by atoms with Crippen LogP contribution in [0.1, 0.15) is 63.6 Å². The van der Waals surface area contributed by atoms with E-state index in [0.717, 1.165) is 16.9 Å². The highest BCUT2D eigenvalue weighted by molar-refractivity contribution is 5.86. The van der Waals surface area contributed by atoms with Gasteiger partial charge >= 0.3 is 17.9 Å². The first kappa shape index (κ1) is 37.2. The number of hydrogen-bond acceptors (Lipinski definition) is 9. The second kappa shape index (κ2) is 19.4. The minimum atomic E-state index is -0.999. The highest BCUT2D eigenvalue weighted by atomic mass is 16.5. The van der Waals surface area contributed by atoms with E-state index >= 15 is 0 Å². The van der Waals surface area contributed by atoms with Gasteiger partial charge in [-0.15, -0.1) is 0 Å². The molecule has 46 heavy (non-hydrogen) atoms. The lowest BCUT2D eigenvalue weighted by Gasteiger charge is -2.18. The number of aryl methyl sites for hydroxylation is 2. The fraction of sp³-hybridized carbons (Fsp3) is 0.361. The Balaban J connectivity index is 0.00000736. The van der Waals surface area contributed by atoms with E-state index in [2.05, 4.69) is 5.32 Å². The third-order valence-corrected chi connectivity index (χ3v) is 6.76. The van der Waals surface area contributed by atoms with Gasteiger partial charge in [-0.2, -0.15) is 0 Å². The van der Waals surface area contributed by atoms with Crippen molar-refractivity contribution in [3.63, 3.8) is 0 Å². The first-order valence-corrected chi connectivity index (χ1v) is 14.8. The second-order valence-corrected chi connectivity index (χ2v) is 10.4. The lowest BCUT2D eigenvalue weighted by atomic mass is 10.0. The van der Waals surface area contributed by atoms with Crippen molar-refractivity contribution in [2.45, 2.75) is 72.3 Å². The Morgan fingerprint density at radius 1 is 0.652 bits per heavy atom. The molecule has 0 radical (unpaired) electrons. The van der Waals surface area contributed by atoms with Crippen molar-refractivity contribution in [1.29, 1.82) is 0 Å². The van der Waals surface area contributed by atoms with Crippen LogP contribution in [-0.2, 0) is 48.0 Å². The molecule has 0 saturated carbocycles. The molecule has 3 aromatic carbocycles. The van der Waals surface area contributed by atoms with Crippen molar-refractivity contribution in [3.8, 4) is 17.2 Å². The van der Waals surface area contributed by atoms with Crippen LogP contribution < -0.4 is 19.5 Å². The molecule has 10 nitrogen and oxygen atoms in total. The van der Waals surface area contributed by atoms with Crippen LogP contribution >= 0.6 is 0 Å². The van der Waals surface area contributed by atoms with E-state index in [9.17, 15) is 24.0 Å². The summed E-state index contributed by atoms with van der Waals surface area (Å²) < 4.78 is 21.0. The number of benzene rings is 3. The number of carbonyl (C=O) groups excluding carboxylic acids is 5. The molecular weight excluding hydrogens is 590 g/mol. The largest absolute Gasteiger partial charge is 0.497 e. The summed E-state index contributed by atoms with van der Waals surface area (Å²) in [5.41, 5.74) is 2.53. The van der Waals surface area contributed by atoms with Gasteiger partial charge in [0.15, 0.2) is 0 Å². The first-order valence-electron chi connectivity index (χ1n) is 14.8. The number of amides is 1. The van der Waals surface area contributed by atoms with E-state index < -0.39 is 18.0 Å². The number of Topliss-reactive ketones (excluding diaryl/α,β-unsaturated/α-hetero) is 1. The maximum absolute atomic E-state index is 13.3. The van der Waals surface area contributed by atoms with Gasteiger partial charge in [-0.05, 0) is 79.8 Å². The summed E-state index contributed by atoms with van der Waals surface area (Å²) in [4.78, 5) is 61.0. The van der Waals surface area contributed by atoms with Crippen LogP contribution in [0.4, 0.5) is 0 Å². The normalized spacial score (nSPS) is 10.9. The van der Waals surface area contributed by atoms with E-state index in [4.69, 9.17) is 18.9 Å². The highest BCUT2D eigenvalue weighted by Gasteiger charge is 2.24. The number of carbonyl (C=O) groups is 5. The predicted octanol–water partition coefficient (Wildman–Crippen LogP) is 5.37. The van der Waals surface area contributed by atoms with Crippen molar-refractivity contribution in [2.24, 2.45) is 0 Å². The summed E-state index contributed by atoms with van der Waals surface area (Å²) >= 11 is 0. The van der Waals surface area contributed by atoms with Crippen LogP contribution in [0.2, 0.25) is 0 Å². The van der Waals surface area contributed by atoms with E-state index in [1.807, 2.05) is 24.3 Å². The maximum Gasteiger partial charge on any atom is 0.334 e. The number of rotatable bonds is 17. The summed E-state index contributed by atoms with van der Waals surface area (Å²) in [5.74, 6) is -0.549. The quantitative estimate of drug-likeness (QED) is 0.154. The molecule has 0 saturated heterocycles. The molecule has 0 aliphatic heterocycles. The lowest BCUT2D eigenvalue weighted by Crippen LogP contribution is -2.44. The zero-order chi connectivity index (χ0) is 32.6. The first-order chi connectivity index (χ1) is 21.6. The van der Waals surface area contributed by atoms with Gasteiger partial charge in [0.05, 0.1) is 20.1 Å². The molecule has 1 N–H and O–H groups in total. The van der Waals surface area contributed by atoms with Gasteiger partial charge in [-0.3, -0.25) is 14.4 Å². The van der Waals surface area contributed by atoms with E-state index in [1.54, 1.807) is 62.6 Å². The third kappa shape index (κ3) is 13.3. The molecule has 1 amide bonds. The fourth-order valence-electron chi connectivity index (χ4n) is 4.29. The summed E-state index contributed by atoms with van der Waals surface area (Å²) in [6.45, 7) is 3.49. The number of methoxy groups -OCH3 is 1. The topological polar surface area (TPSA) is 134 Å². The molecule has 0 aliphatic rings. The van der Waals surface area contributed by atoms with Gasteiger partial charge in [0.2, 0.25) is 5.91 Å². The molecule has 3 aromatic rings. The van der Waals surface area contributed by atoms with Crippen molar-refractivity contribution >= 4 is 29.6 Å². The number of ketones is 1. The second-order valence-electron chi connectivity index (χ2n) is 10.4. The van der Waals surface area contributed by atoms with Crippen molar-refractivity contribution in [1.82, 2.24) is 5.32 Å². The Hall–Kier alpha value is -4.99. The van der Waals surface area contributed by atoms with E-state index in [-0.39, 0.29) is 57.2 Å². The van der Waals surface area contributed by atoms with Gasteiger partial charge < -0.3 is 29.1 Å². The third-order valence-electron chi connectivity index (χ3n) is 6.76. The fourth-order valence-corrected chi connectivity index (χ4v) is 4.29. The number of nitrogens with one attached hydrogen (secondary N) is 1. The van der Waals surface area contributed by atoms with Crippen molar-refractivity contribution in [3.05, 3.63) is 89.5 Å². The SMILES string of the molecule is C.CCOC(=O)CCc1ccc(OC(=O)C(Cc2ccc(OC(=O)CCC(C)=O)cc2)NC(=O)CCc2ccc(OC)cc2)cc1. The van der Waals surface area contributed by atoms with Crippen LogP contribution in [0.25, 0.3) is 0 Å². The summed E-state index contributed by atoms with van der Waals surface area (Å²) in [6, 6.07) is 19.7. The van der Waals surface area contributed by atoms with Crippen molar-refractivity contribution in [2.75, 3.05) is 13.7 Å². The minimum absolute atomic E-state index is 0. The number of hydrogen-bond donors (Lipinski definition) is 1. The molecule has 10 heteroatoms. The molecule has 1 atom stereocenters. The standard InChI is InChI=1S/C35H39NO9.CH4/c1-4-43-33(39)22-13-26-8-16-30(17-9-26)45-35(41)31(36-32(38)20-12-25-6-14-28(42-3)15-7-25)23-27-10-18-29(19-11-27)44-34(40)21-5-24(2)37;/h6-11,14-19,31H,4-5,12-13,20-23H2,1-3H3,(H,36,38);1H4.